The van der Waals surface area contributed by atoms with Crippen LogP contribution >= 0.6 is 0 Å². The fraction of sp³-hybridized carbons (Fsp3) is 0.529. The highest BCUT2D eigenvalue weighted by atomic mass is 16.5. The summed E-state index contributed by atoms with van der Waals surface area (Å²) in [6, 6.07) is 8.71. The lowest BCUT2D eigenvalue weighted by atomic mass is 9.83. The molecule has 1 aromatic heterocycles. The van der Waals surface area contributed by atoms with Gasteiger partial charge in [-0.1, -0.05) is 29.4 Å². The predicted octanol–water partition coefficient (Wildman–Crippen LogP) is 2.59. The van der Waals surface area contributed by atoms with Crippen LogP contribution in [0.2, 0.25) is 0 Å². The lowest BCUT2D eigenvalue weighted by Gasteiger charge is -2.22. The normalized spacial score (nSPS) is 28.5. The molecule has 2 heterocycles. The molecule has 0 radical (unpaired) electrons. The van der Waals surface area contributed by atoms with E-state index in [2.05, 4.69) is 41.7 Å². The maximum Gasteiger partial charge on any atom is 0.233 e. The molecule has 4 nitrogen and oxygen atoms in total. The molecule has 0 saturated carbocycles. The van der Waals surface area contributed by atoms with Crippen LogP contribution in [-0.4, -0.2) is 23.2 Å². The third kappa shape index (κ3) is 2.27. The number of nitrogens with one attached hydrogen (secondary N) is 1. The maximum atomic E-state index is 5.59. The van der Waals surface area contributed by atoms with E-state index in [-0.39, 0.29) is 5.41 Å². The summed E-state index contributed by atoms with van der Waals surface area (Å²) >= 11 is 0. The second-order valence-electron chi connectivity index (χ2n) is 6.65. The molecule has 0 bridgehead atoms. The van der Waals surface area contributed by atoms with Gasteiger partial charge in [0.25, 0.3) is 0 Å². The van der Waals surface area contributed by atoms with Gasteiger partial charge in [0.1, 0.15) is 0 Å². The van der Waals surface area contributed by atoms with Gasteiger partial charge in [0, 0.05) is 12.5 Å². The van der Waals surface area contributed by atoms with Crippen LogP contribution in [0.5, 0.6) is 0 Å². The molecular weight excluding hydrogens is 262 g/mol. The molecule has 110 valence electrons. The van der Waals surface area contributed by atoms with Gasteiger partial charge in [-0.25, -0.2) is 0 Å². The second kappa shape index (κ2) is 4.95. The second-order valence-corrected chi connectivity index (χ2v) is 6.65. The third-order valence-electron chi connectivity index (χ3n) is 5.04. The minimum atomic E-state index is 0.0117. The predicted molar refractivity (Wildman–Crippen MR) is 80.3 cm³/mol. The Bertz CT molecular complexity index is 643. The summed E-state index contributed by atoms with van der Waals surface area (Å²) < 4.78 is 5.59. The molecule has 4 rings (SSSR count). The van der Waals surface area contributed by atoms with Crippen molar-refractivity contribution in [2.24, 2.45) is 0 Å². The Morgan fingerprint density at radius 2 is 2.14 bits per heavy atom. The topological polar surface area (TPSA) is 51.0 Å². The summed E-state index contributed by atoms with van der Waals surface area (Å²) in [5.74, 6) is 2.10. The van der Waals surface area contributed by atoms with Crippen LogP contribution in [0.1, 0.15) is 48.5 Å². The average molecular weight is 283 g/mol. The number of fused-ring (bicyclic) bond motifs is 1. The van der Waals surface area contributed by atoms with E-state index >= 15 is 0 Å². The summed E-state index contributed by atoms with van der Waals surface area (Å²) in [5, 5.41) is 7.67. The maximum absolute atomic E-state index is 5.59. The summed E-state index contributed by atoms with van der Waals surface area (Å²) in [6.45, 7) is 4.17. The van der Waals surface area contributed by atoms with Gasteiger partial charge in [0.15, 0.2) is 5.82 Å². The Morgan fingerprint density at radius 3 is 2.95 bits per heavy atom. The number of aryl methyl sites for hydroxylation is 1. The molecule has 4 heteroatoms. The number of rotatable bonds is 2. The van der Waals surface area contributed by atoms with Crippen molar-refractivity contribution in [1.82, 2.24) is 15.5 Å². The van der Waals surface area contributed by atoms with Crippen molar-refractivity contribution < 1.29 is 4.52 Å². The van der Waals surface area contributed by atoms with Crippen LogP contribution in [0.15, 0.2) is 28.8 Å². The zero-order valence-electron chi connectivity index (χ0n) is 12.4. The van der Waals surface area contributed by atoms with Crippen LogP contribution in [0.25, 0.3) is 0 Å². The summed E-state index contributed by atoms with van der Waals surface area (Å²) in [7, 11) is 0. The van der Waals surface area contributed by atoms with E-state index < -0.39 is 0 Å². The molecule has 21 heavy (non-hydrogen) atoms. The standard InChI is InChI=1S/C17H21N3O/c1-17(8-9-18-11-17)16-19-15(20-21-16)14-7-6-12-4-2-3-5-13(12)10-14/h2-5,14,18H,6-11H2,1H3. The van der Waals surface area contributed by atoms with Gasteiger partial charge in [-0.15, -0.1) is 0 Å². The molecular formula is C17H21N3O. The largest absolute Gasteiger partial charge is 0.339 e. The fourth-order valence-corrected chi connectivity index (χ4v) is 3.56. The summed E-state index contributed by atoms with van der Waals surface area (Å²) in [6.07, 6.45) is 4.33. The molecule has 1 saturated heterocycles. The first-order valence-electron chi connectivity index (χ1n) is 7.86. The average Bonchev–Trinajstić information content (AvgIpc) is 3.17. The van der Waals surface area contributed by atoms with Crippen molar-refractivity contribution >= 4 is 0 Å². The van der Waals surface area contributed by atoms with Crippen LogP contribution in [0, 0.1) is 0 Å². The lowest BCUT2D eigenvalue weighted by Crippen LogP contribution is -2.25. The Labute approximate surface area is 124 Å². The van der Waals surface area contributed by atoms with Crippen LogP contribution in [0.4, 0.5) is 0 Å². The molecule has 2 atom stereocenters. The molecule has 1 aliphatic carbocycles. The van der Waals surface area contributed by atoms with Crippen molar-refractivity contribution in [2.75, 3.05) is 13.1 Å². The van der Waals surface area contributed by atoms with Crippen LogP contribution in [-0.2, 0) is 18.3 Å². The lowest BCUT2D eigenvalue weighted by molar-refractivity contribution is 0.303. The van der Waals surface area contributed by atoms with Crippen molar-refractivity contribution in [1.29, 1.82) is 0 Å². The van der Waals surface area contributed by atoms with Gasteiger partial charge in [-0.05, 0) is 50.3 Å². The molecule has 1 fully saturated rings. The van der Waals surface area contributed by atoms with Crippen molar-refractivity contribution in [2.45, 2.75) is 43.9 Å². The smallest absolute Gasteiger partial charge is 0.233 e. The Kier molecular flexibility index (Phi) is 3.07. The molecule has 1 N–H and O–H groups in total. The number of aromatic nitrogens is 2. The molecule has 0 spiro atoms. The van der Waals surface area contributed by atoms with Gasteiger partial charge in [0.2, 0.25) is 5.89 Å². The Hall–Kier alpha value is -1.68. The number of benzene rings is 1. The highest BCUT2D eigenvalue weighted by Gasteiger charge is 2.37. The fourth-order valence-electron chi connectivity index (χ4n) is 3.56. The highest BCUT2D eigenvalue weighted by molar-refractivity contribution is 5.31. The zero-order valence-corrected chi connectivity index (χ0v) is 12.4. The quantitative estimate of drug-likeness (QED) is 0.920. The Morgan fingerprint density at radius 1 is 1.29 bits per heavy atom. The third-order valence-corrected chi connectivity index (χ3v) is 5.04. The van der Waals surface area contributed by atoms with E-state index in [0.29, 0.717) is 5.92 Å². The number of nitrogens with zero attached hydrogens (tertiary/aromatic N) is 2. The molecule has 1 aromatic carbocycles. The van der Waals surface area contributed by atoms with E-state index in [1.165, 1.54) is 11.1 Å². The highest BCUT2D eigenvalue weighted by Crippen LogP contribution is 2.34. The van der Waals surface area contributed by atoms with Gasteiger partial charge < -0.3 is 9.84 Å². The summed E-state index contributed by atoms with van der Waals surface area (Å²) in [5.41, 5.74) is 2.93. The molecule has 2 aliphatic rings. The molecule has 0 amide bonds. The molecule has 2 unspecified atom stereocenters. The van der Waals surface area contributed by atoms with Gasteiger partial charge in [-0.2, -0.15) is 4.98 Å². The first kappa shape index (κ1) is 13.0. The minimum Gasteiger partial charge on any atom is -0.339 e. The van der Waals surface area contributed by atoms with Crippen molar-refractivity contribution in [3.8, 4) is 0 Å². The van der Waals surface area contributed by atoms with E-state index in [1.807, 2.05) is 0 Å². The van der Waals surface area contributed by atoms with Gasteiger partial charge in [0.05, 0.1) is 5.41 Å². The van der Waals surface area contributed by atoms with Crippen molar-refractivity contribution in [3.63, 3.8) is 0 Å². The first-order chi connectivity index (χ1) is 10.2. The number of hydrogen-bond acceptors (Lipinski definition) is 4. The summed E-state index contributed by atoms with van der Waals surface area (Å²) in [4.78, 5) is 4.74. The van der Waals surface area contributed by atoms with Crippen LogP contribution < -0.4 is 5.32 Å². The number of hydrogen-bond donors (Lipinski definition) is 1. The zero-order chi connectivity index (χ0) is 14.3. The van der Waals surface area contributed by atoms with Crippen molar-refractivity contribution in [3.05, 3.63) is 47.1 Å². The first-order valence-corrected chi connectivity index (χ1v) is 7.86. The monoisotopic (exact) mass is 283 g/mol. The van der Waals surface area contributed by atoms with Gasteiger partial charge in [-0.3, -0.25) is 0 Å². The SMILES string of the molecule is CC1(c2nc(C3CCc4ccccc4C3)no2)CCNC1. The molecule has 1 aliphatic heterocycles. The molecule has 2 aromatic rings. The van der Waals surface area contributed by atoms with E-state index in [4.69, 9.17) is 9.51 Å². The van der Waals surface area contributed by atoms with Gasteiger partial charge >= 0.3 is 0 Å². The van der Waals surface area contributed by atoms with E-state index in [0.717, 1.165) is 50.5 Å². The van der Waals surface area contributed by atoms with Crippen LogP contribution in [0.3, 0.4) is 0 Å². The minimum absolute atomic E-state index is 0.0117. The van der Waals surface area contributed by atoms with E-state index in [9.17, 15) is 0 Å². The van der Waals surface area contributed by atoms with E-state index in [1.54, 1.807) is 0 Å². The Balaban J connectivity index is 1.57.